The third-order valence-electron chi connectivity index (χ3n) is 2.20. The van der Waals surface area contributed by atoms with Gasteiger partial charge in [0.1, 0.15) is 0 Å². The van der Waals surface area contributed by atoms with E-state index in [1.165, 1.54) is 6.08 Å². The van der Waals surface area contributed by atoms with E-state index < -0.39 is 8.32 Å². The fraction of sp³-hybridized carbons (Fsp3) is 0.833. The summed E-state index contributed by atoms with van der Waals surface area (Å²) in [6.45, 7) is 8.05. The highest BCUT2D eigenvalue weighted by atomic mass is 28.4. The summed E-state index contributed by atoms with van der Waals surface area (Å²) in [5.74, 6) is 0.0630. The molecule has 0 aliphatic rings. The molecule has 5 nitrogen and oxygen atoms in total. The first-order valence-electron chi connectivity index (χ1n) is 6.40. The van der Waals surface area contributed by atoms with Gasteiger partial charge in [0.25, 0.3) is 0 Å². The Morgan fingerprint density at radius 3 is 2.61 bits per heavy atom. The number of hydrogen-bond donors (Lipinski definition) is 1. The number of aliphatic imine (C=N–C) groups is 1. The van der Waals surface area contributed by atoms with Crippen molar-refractivity contribution in [1.29, 1.82) is 0 Å². The van der Waals surface area contributed by atoms with E-state index in [-0.39, 0.29) is 5.91 Å². The average molecular weight is 272 g/mol. The van der Waals surface area contributed by atoms with Crippen LogP contribution in [0.3, 0.4) is 0 Å². The highest BCUT2D eigenvalue weighted by Gasteiger charge is 2.13. The molecule has 0 saturated carbocycles. The van der Waals surface area contributed by atoms with Crippen LogP contribution in [0.25, 0.3) is 0 Å². The zero-order valence-corrected chi connectivity index (χ0v) is 12.6. The second-order valence-electron chi connectivity index (χ2n) is 5.09. The molecule has 0 aliphatic carbocycles. The van der Waals surface area contributed by atoms with Crippen LogP contribution in [0.5, 0.6) is 0 Å². The maximum absolute atomic E-state index is 11.4. The molecular weight excluding hydrogens is 248 g/mol. The zero-order valence-electron chi connectivity index (χ0n) is 11.6. The summed E-state index contributed by atoms with van der Waals surface area (Å²) in [5, 5.41) is 2.83. The Bertz CT molecular complexity index is 284. The predicted molar refractivity (Wildman–Crippen MR) is 73.8 cm³/mol. The molecule has 0 rings (SSSR count). The summed E-state index contributed by atoms with van der Waals surface area (Å²) in [6.07, 6.45) is 4.59. The van der Waals surface area contributed by atoms with Crippen molar-refractivity contribution in [3.63, 3.8) is 0 Å². The smallest absolute Gasteiger partial charge is 0.234 e. The fourth-order valence-electron chi connectivity index (χ4n) is 1.33. The molecule has 0 unspecified atom stereocenters. The van der Waals surface area contributed by atoms with Crippen LogP contribution >= 0.6 is 0 Å². The van der Waals surface area contributed by atoms with Gasteiger partial charge in [-0.15, -0.1) is 0 Å². The Morgan fingerprint density at radius 2 is 2.00 bits per heavy atom. The minimum Gasteiger partial charge on any atom is -0.416 e. The Labute approximate surface area is 110 Å². The molecule has 0 aromatic carbocycles. The molecule has 0 atom stereocenters. The lowest BCUT2D eigenvalue weighted by Gasteiger charge is -2.17. The van der Waals surface area contributed by atoms with Crippen LogP contribution in [-0.4, -0.2) is 40.0 Å². The van der Waals surface area contributed by atoms with Crippen LogP contribution in [0.4, 0.5) is 0 Å². The maximum Gasteiger partial charge on any atom is 0.234 e. The summed E-state index contributed by atoms with van der Waals surface area (Å²) in [7, 11) is -1.47. The molecule has 0 radical (unpaired) electrons. The SMILES string of the molecule is C[Si](C)(C)OCCNC(=O)CCCCCN=C=O. The molecule has 0 spiro atoms. The fourth-order valence-corrected chi connectivity index (χ4v) is 2.05. The number of rotatable bonds is 10. The summed E-state index contributed by atoms with van der Waals surface area (Å²) in [4.78, 5) is 24.7. The quantitative estimate of drug-likeness (QED) is 0.286. The average Bonchev–Trinajstić information content (AvgIpc) is 2.28. The number of carbonyl (C=O) groups excluding carboxylic acids is 2. The van der Waals surface area contributed by atoms with Gasteiger partial charge in [-0.3, -0.25) is 4.79 Å². The molecule has 0 aromatic heterocycles. The van der Waals surface area contributed by atoms with Gasteiger partial charge in [0.15, 0.2) is 8.32 Å². The van der Waals surface area contributed by atoms with Crippen LogP contribution in [0.1, 0.15) is 25.7 Å². The standard InChI is InChI=1S/C12H24N2O3Si/c1-18(2,3)17-10-9-14-12(16)7-5-4-6-8-13-11-15/h4-10H2,1-3H3,(H,14,16). The van der Waals surface area contributed by atoms with Crippen LogP contribution in [0.15, 0.2) is 4.99 Å². The van der Waals surface area contributed by atoms with E-state index in [9.17, 15) is 9.59 Å². The summed E-state index contributed by atoms with van der Waals surface area (Å²) in [5.41, 5.74) is 0. The predicted octanol–water partition coefficient (Wildman–Crippen LogP) is 1.85. The van der Waals surface area contributed by atoms with Crippen molar-refractivity contribution < 1.29 is 14.0 Å². The van der Waals surface area contributed by atoms with E-state index in [1.807, 2.05) is 0 Å². The van der Waals surface area contributed by atoms with Gasteiger partial charge in [-0.25, -0.2) is 9.79 Å². The van der Waals surface area contributed by atoms with Crippen molar-refractivity contribution in [2.45, 2.75) is 45.3 Å². The number of hydrogen-bond acceptors (Lipinski definition) is 4. The van der Waals surface area contributed by atoms with Crippen LogP contribution in [-0.2, 0) is 14.0 Å². The topological polar surface area (TPSA) is 67.8 Å². The first kappa shape index (κ1) is 17.0. The minimum atomic E-state index is -1.47. The van der Waals surface area contributed by atoms with Crippen molar-refractivity contribution in [2.24, 2.45) is 4.99 Å². The second kappa shape index (κ2) is 10.00. The summed E-state index contributed by atoms with van der Waals surface area (Å²) < 4.78 is 5.62. The minimum absolute atomic E-state index is 0.0630. The largest absolute Gasteiger partial charge is 0.416 e. The van der Waals surface area contributed by atoms with E-state index in [2.05, 4.69) is 30.0 Å². The van der Waals surface area contributed by atoms with E-state index in [0.29, 0.717) is 26.1 Å². The number of amides is 1. The molecule has 0 bridgehead atoms. The van der Waals surface area contributed by atoms with Crippen LogP contribution in [0, 0.1) is 0 Å². The number of unbranched alkanes of at least 4 members (excludes halogenated alkanes) is 2. The van der Waals surface area contributed by atoms with Gasteiger partial charge in [0, 0.05) is 13.0 Å². The lowest BCUT2D eigenvalue weighted by atomic mass is 10.2. The van der Waals surface area contributed by atoms with Crippen molar-refractivity contribution in [2.75, 3.05) is 19.7 Å². The molecule has 1 amide bonds. The number of nitrogens with one attached hydrogen (secondary N) is 1. The first-order valence-corrected chi connectivity index (χ1v) is 9.81. The molecule has 104 valence electrons. The van der Waals surface area contributed by atoms with E-state index in [4.69, 9.17) is 4.43 Å². The molecule has 1 N–H and O–H groups in total. The van der Waals surface area contributed by atoms with E-state index >= 15 is 0 Å². The Hall–Kier alpha value is -0.973. The molecule has 0 saturated heterocycles. The maximum atomic E-state index is 11.4. The summed E-state index contributed by atoms with van der Waals surface area (Å²) in [6, 6.07) is 0. The molecule has 0 heterocycles. The van der Waals surface area contributed by atoms with Crippen LogP contribution in [0.2, 0.25) is 19.6 Å². The zero-order chi connectivity index (χ0) is 13.9. The Kier molecular flexibility index (Phi) is 9.46. The van der Waals surface area contributed by atoms with Gasteiger partial charge in [0.2, 0.25) is 12.0 Å². The lowest BCUT2D eigenvalue weighted by molar-refractivity contribution is -0.121. The Morgan fingerprint density at radius 1 is 1.28 bits per heavy atom. The van der Waals surface area contributed by atoms with Crippen molar-refractivity contribution in [1.82, 2.24) is 5.32 Å². The molecule has 18 heavy (non-hydrogen) atoms. The van der Waals surface area contributed by atoms with Gasteiger partial charge in [-0.05, 0) is 32.5 Å². The van der Waals surface area contributed by atoms with Gasteiger partial charge in [-0.1, -0.05) is 6.42 Å². The highest BCUT2D eigenvalue weighted by molar-refractivity contribution is 6.69. The molecule has 6 heteroatoms. The van der Waals surface area contributed by atoms with E-state index in [1.54, 1.807) is 0 Å². The van der Waals surface area contributed by atoms with E-state index in [0.717, 1.165) is 19.3 Å². The molecule has 0 aromatic rings. The second-order valence-corrected chi connectivity index (χ2v) is 9.61. The number of nitrogens with zero attached hydrogens (tertiary/aromatic N) is 1. The van der Waals surface area contributed by atoms with Crippen molar-refractivity contribution >= 4 is 20.3 Å². The lowest BCUT2D eigenvalue weighted by Crippen LogP contribution is -2.32. The third kappa shape index (κ3) is 13.1. The van der Waals surface area contributed by atoms with Gasteiger partial charge >= 0.3 is 0 Å². The van der Waals surface area contributed by atoms with Gasteiger partial charge < -0.3 is 9.74 Å². The van der Waals surface area contributed by atoms with Crippen molar-refractivity contribution in [3.8, 4) is 0 Å². The van der Waals surface area contributed by atoms with Crippen LogP contribution < -0.4 is 5.32 Å². The van der Waals surface area contributed by atoms with Crippen molar-refractivity contribution in [3.05, 3.63) is 0 Å². The van der Waals surface area contributed by atoms with Gasteiger partial charge in [0.05, 0.1) is 13.2 Å². The number of isocyanates is 1. The molecule has 0 aliphatic heterocycles. The molecular formula is C12H24N2O3Si. The highest BCUT2D eigenvalue weighted by Crippen LogP contribution is 2.01. The normalized spacial score (nSPS) is 10.8. The summed E-state index contributed by atoms with van der Waals surface area (Å²) >= 11 is 0. The van der Waals surface area contributed by atoms with Gasteiger partial charge in [-0.2, -0.15) is 0 Å². The molecule has 0 fully saturated rings. The Balaban J connectivity index is 3.35. The first-order chi connectivity index (χ1) is 8.45. The monoisotopic (exact) mass is 272 g/mol. The number of carbonyl (C=O) groups is 1. The third-order valence-corrected chi connectivity index (χ3v) is 3.27.